The molecule has 0 saturated carbocycles. The van der Waals surface area contributed by atoms with Crippen LogP contribution in [0.15, 0.2) is 42.7 Å². The van der Waals surface area contributed by atoms with E-state index in [-0.39, 0.29) is 11.9 Å². The molecule has 1 atom stereocenters. The molecule has 1 saturated heterocycles. The first-order valence-corrected chi connectivity index (χ1v) is 8.99. The molecule has 26 heavy (non-hydrogen) atoms. The van der Waals surface area contributed by atoms with Crippen molar-refractivity contribution in [3.05, 3.63) is 53.9 Å². The molecule has 1 unspecified atom stereocenters. The number of pyridine rings is 1. The lowest BCUT2D eigenvalue weighted by molar-refractivity contribution is 0.0655. The Bertz CT molecular complexity index is 736. The van der Waals surface area contributed by atoms with E-state index in [1.54, 1.807) is 18.5 Å². The molecule has 1 amide bonds. The maximum absolute atomic E-state index is 12.9. The van der Waals surface area contributed by atoms with Gasteiger partial charge in [0.2, 0.25) is 0 Å². The summed E-state index contributed by atoms with van der Waals surface area (Å²) in [5.41, 5.74) is 1.65. The predicted octanol–water partition coefficient (Wildman–Crippen LogP) is 2.49. The largest absolute Gasteiger partial charge is 0.490 e. The molecule has 1 aromatic carbocycles. The van der Waals surface area contributed by atoms with E-state index >= 15 is 0 Å². The van der Waals surface area contributed by atoms with Gasteiger partial charge in [0.15, 0.2) is 11.5 Å². The Balaban J connectivity index is 1.76. The van der Waals surface area contributed by atoms with Gasteiger partial charge in [0.1, 0.15) is 6.61 Å². The Hall–Kier alpha value is -2.60. The molecule has 0 aliphatic carbocycles. The van der Waals surface area contributed by atoms with Gasteiger partial charge in [-0.05, 0) is 49.7 Å². The number of carbonyl (C=O) groups is 1. The van der Waals surface area contributed by atoms with Gasteiger partial charge in [-0.1, -0.05) is 0 Å². The van der Waals surface area contributed by atoms with Crippen molar-refractivity contribution in [3.8, 4) is 11.5 Å². The van der Waals surface area contributed by atoms with Gasteiger partial charge < -0.3 is 19.7 Å². The summed E-state index contributed by atoms with van der Waals surface area (Å²) in [6, 6.07) is 9.39. The fourth-order valence-corrected chi connectivity index (χ4v) is 2.98. The lowest BCUT2D eigenvalue weighted by Gasteiger charge is -2.34. The number of rotatable bonds is 6. The number of aromatic nitrogens is 1. The van der Waals surface area contributed by atoms with Crippen LogP contribution in [0.5, 0.6) is 11.5 Å². The Morgan fingerprint density at radius 2 is 2.04 bits per heavy atom. The van der Waals surface area contributed by atoms with Crippen molar-refractivity contribution in [3.63, 3.8) is 0 Å². The van der Waals surface area contributed by atoms with E-state index in [0.29, 0.717) is 36.8 Å². The van der Waals surface area contributed by atoms with Crippen molar-refractivity contribution in [2.24, 2.45) is 0 Å². The SMILES string of the molecule is CCOc1cc(C(=O)N2CCNCC2C)ccc1OCc1ccncc1. The van der Waals surface area contributed by atoms with Crippen LogP contribution in [-0.4, -0.2) is 48.1 Å². The van der Waals surface area contributed by atoms with Gasteiger partial charge in [-0.15, -0.1) is 0 Å². The Kier molecular flexibility index (Phi) is 6.07. The average Bonchev–Trinajstić information content (AvgIpc) is 2.68. The Labute approximate surface area is 154 Å². The zero-order chi connectivity index (χ0) is 18.4. The highest BCUT2D eigenvalue weighted by Gasteiger charge is 2.24. The van der Waals surface area contributed by atoms with Crippen LogP contribution in [0.25, 0.3) is 0 Å². The van der Waals surface area contributed by atoms with Crippen LogP contribution in [0.4, 0.5) is 0 Å². The molecule has 1 aromatic heterocycles. The van der Waals surface area contributed by atoms with Gasteiger partial charge in [0.25, 0.3) is 5.91 Å². The number of carbonyl (C=O) groups excluding carboxylic acids is 1. The molecule has 6 heteroatoms. The van der Waals surface area contributed by atoms with Gasteiger partial charge >= 0.3 is 0 Å². The minimum Gasteiger partial charge on any atom is -0.490 e. The third-order valence-corrected chi connectivity index (χ3v) is 4.40. The molecule has 2 heterocycles. The third kappa shape index (κ3) is 4.32. The van der Waals surface area contributed by atoms with Crippen LogP contribution in [-0.2, 0) is 6.61 Å². The van der Waals surface area contributed by atoms with E-state index in [1.165, 1.54) is 0 Å². The summed E-state index contributed by atoms with van der Waals surface area (Å²) in [5.74, 6) is 1.25. The molecule has 138 valence electrons. The highest BCUT2D eigenvalue weighted by atomic mass is 16.5. The number of piperazine rings is 1. The van der Waals surface area contributed by atoms with Crippen LogP contribution >= 0.6 is 0 Å². The molecule has 3 rings (SSSR count). The van der Waals surface area contributed by atoms with Gasteiger partial charge in [0, 0.05) is 43.6 Å². The van der Waals surface area contributed by atoms with Gasteiger partial charge in [-0.2, -0.15) is 0 Å². The topological polar surface area (TPSA) is 63.7 Å². The van der Waals surface area contributed by atoms with E-state index in [1.807, 2.05) is 36.1 Å². The average molecular weight is 355 g/mol. The first-order valence-electron chi connectivity index (χ1n) is 8.99. The van der Waals surface area contributed by atoms with Crippen LogP contribution in [0, 0.1) is 0 Å². The molecule has 0 bridgehead atoms. The molecule has 1 aliphatic heterocycles. The van der Waals surface area contributed by atoms with Crippen LogP contribution in [0.1, 0.15) is 29.8 Å². The number of benzene rings is 1. The standard InChI is InChI=1S/C20H25N3O3/c1-3-25-19-12-17(20(24)23-11-10-22-13-15(23)2)4-5-18(19)26-14-16-6-8-21-9-7-16/h4-9,12,15,22H,3,10-11,13-14H2,1-2H3. The molecule has 0 radical (unpaired) electrons. The number of hydrogen-bond acceptors (Lipinski definition) is 5. The minimum absolute atomic E-state index is 0.0284. The van der Waals surface area contributed by atoms with Crippen molar-refractivity contribution in [2.75, 3.05) is 26.2 Å². The number of amides is 1. The number of nitrogens with one attached hydrogen (secondary N) is 1. The second kappa shape index (κ2) is 8.67. The molecule has 1 aliphatic rings. The molecular formula is C20H25N3O3. The Morgan fingerprint density at radius 3 is 2.77 bits per heavy atom. The van der Waals surface area contributed by atoms with Crippen molar-refractivity contribution in [2.45, 2.75) is 26.5 Å². The zero-order valence-electron chi connectivity index (χ0n) is 15.3. The maximum Gasteiger partial charge on any atom is 0.254 e. The van der Waals surface area contributed by atoms with E-state index < -0.39 is 0 Å². The second-order valence-corrected chi connectivity index (χ2v) is 6.29. The monoisotopic (exact) mass is 355 g/mol. The second-order valence-electron chi connectivity index (χ2n) is 6.29. The van der Waals surface area contributed by atoms with E-state index in [4.69, 9.17) is 9.47 Å². The summed E-state index contributed by atoms with van der Waals surface area (Å²) in [7, 11) is 0. The van der Waals surface area contributed by atoms with Crippen molar-refractivity contribution in [1.29, 1.82) is 0 Å². The highest BCUT2D eigenvalue weighted by Crippen LogP contribution is 2.30. The molecule has 1 fully saturated rings. The number of ether oxygens (including phenoxy) is 2. The summed E-state index contributed by atoms with van der Waals surface area (Å²) in [5, 5.41) is 3.30. The summed E-state index contributed by atoms with van der Waals surface area (Å²) in [6.45, 7) is 7.25. The van der Waals surface area contributed by atoms with E-state index in [0.717, 1.165) is 18.7 Å². The van der Waals surface area contributed by atoms with Crippen molar-refractivity contribution < 1.29 is 14.3 Å². The predicted molar refractivity (Wildman–Crippen MR) is 99.5 cm³/mol. The number of nitrogens with zero attached hydrogens (tertiary/aromatic N) is 2. The lowest BCUT2D eigenvalue weighted by atomic mass is 10.1. The summed E-state index contributed by atoms with van der Waals surface area (Å²) in [4.78, 5) is 18.8. The molecule has 0 spiro atoms. The zero-order valence-corrected chi connectivity index (χ0v) is 15.3. The minimum atomic E-state index is 0.0284. The number of hydrogen-bond donors (Lipinski definition) is 1. The van der Waals surface area contributed by atoms with Crippen LogP contribution in [0.3, 0.4) is 0 Å². The molecule has 2 aromatic rings. The van der Waals surface area contributed by atoms with Gasteiger partial charge in [-0.3, -0.25) is 9.78 Å². The van der Waals surface area contributed by atoms with Gasteiger partial charge in [-0.25, -0.2) is 0 Å². The van der Waals surface area contributed by atoms with Crippen molar-refractivity contribution in [1.82, 2.24) is 15.2 Å². The quantitative estimate of drug-likeness (QED) is 0.863. The summed E-state index contributed by atoms with van der Waals surface area (Å²) >= 11 is 0. The normalized spacial score (nSPS) is 17.0. The smallest absolute Gasteiger partial charge is 0.254 e. The Morgan fingerprint density at radius 1 is 1.23 bits per heavy atom. The first-order chi connectivity index (χ1) is 12.7. The third-order valence-electron chi connectivity index (χ3n) is 4.40. The lowest BCUT2D eigenvalue weighted by Crippen LogP contribution is -2.52. The fourth-order valence-electron chi connectivity index (χ4n) is 2.98. The molecule has 6 nitrogen and oxygen atoms in total. The van der Waals surface area contributed by atoms with Gasteiger partial charge in [0.05, 0.1) is 6.61 Å². The van der Waals surface area contributed by atoms with E-state index in [9.17, 15) is 4.79 Å². The van der Waals surface area contributed by atoms with Crippen molar-refractivity contribution >= 4 is 5.91 Å². The highest BCUT2D eigenvalue weighted by molar-refractivity contribution is 5.95. The fraction of sp³-hybridized carbons (Fsp3) is 0.400. The van der Waals surface area contributed by atoms with Crippen LogP contribution < -0.4 is 14.8 Å². The summed E-state index contributed by atoms with van der Waals surface area (Å²) in [6.07, 6.45) is 3.47. The maximum atomic E-state index is 12.9. The van der Waals surface area contributed by atoms with Crippen LogP contribution in [0.2, 0.25) is 0 Å². The molecule has 1 N–H and O–H groups in total. The summed E-state index contributed by atoms with van der Waals surface area (Å²) < 4.78 is 11.6. The molecular weight excluding hydrogens is 330 g/mol. The first kappa shape index (κ1) is 18.2. The van der Waals surface area contributed by atoms with E-state index in [2.05, 4.69) is 17.2 Å².